The summed E-state index contributed by atoms with van der Waals surface area (Å²) in [4.78, 5) is 4.63. The van der Waals surface area contributed by atoms with E-state index < -0.39 is 0 Å². The third-order valence-electron chi connectivity index (χ3n) is 2.40. The van der Waals surface area contributed by atoms with Gasteiger partial charge in [0, 0.05) is 5.56 Å². The SMILES string of the molecule is CO/N=C(/Cl)c1ccc(-c2ccccc2)cc1. The fourth-order valence-corrected chi connectivity index (χ4v) is 1.76. The van der Waals surface area contributed by atoms with Crippen LogP contribution in [0.5, 0.6) is 0 Å². The Morgan fingerprint density at radius 3 is 2.12 bits per heavy atom. The Morgan fingerprint density at radius 1 is 0.941 bits per heavy atom. The van der Waals surface area contributed by atoms with E-state index in [4.69, 9.17) is 11.6 Å². The van der Waals surface area contributed by atoms with Gasteiger partial charge >= 0.3 is 0 Å². The van der Waals surface area contributed by atoms with E-state index >= 15 is 0 Å². The molecule has 0 spiro atoms. The topological polar surface area (TPSA) is 21.6 Å². The molecule has 2 nitrogen and oxygen atoms in total. The van der Waals surface area contributed by atoms with Crippen molar-refractivity contribution >= 4 is 16.8 Å². The molecule has 0 aromatic heterocycles. The molecule has 2 aromatic rings. The zero-order chi connectivity index (χ0) is 12.1. The smallest absolute Gasteiger partial charge is 0.175 e. The third kappa shape index (κ3) is 2.86. The summed E-state index contributed by atoms with van der Waals surface area (Å²) < 4.78 is 0. The fraction of sp³-hybridized carbons (Fsp3) is 0.0714. The first-order valence-corrected chi connectivity index (χ1v) is 5.61. The third-order valence-corrected chi connectivity index (χ3v) is 2.69. The molecule has 0 saturated carbocycles. The van der Waals surface area contributed by atoms with Gasteiger partial charge in [0.2, 0.25) is 0 Å². The van der Waals surface area contributed by atoms with Gasteiger partial charge < -0.3 is 4.84 Å². The van der Waals surface area contributed by atoms with Crippen LogP contribution in [0.3, 0.4) is 0 Å². The Labute approximate surface area is 105 Å². The first-order valence-electron chi connectivity index (χ1n) is 5.24. The lowest BCUT2D eigenvalue weighted by molar-refractivity contribution is 0.214. The van der Waals surface area contributed by atoms with Gasteiger partial charge in [0.25, 0.3) is 0 Å². The number of nitrogens with zero attached hydrogens (tertiary/aromatic N) is 1. The van der Waals surface area contributed by atoms with Crippen molar-refractivity contribution in [2.24, 2.45) is 5.16 Å². The zero-order valence-corrected chi connectivity index (χ0v) is 10.2. The second-order valence-corrected chi connectivity index (χ2v) is 3.87. The van der Waals surface area contributed by atoms with Crippen LogP contribution >= 0.6 is 11.6 Å². The van der Waals surface area contributed by atoms with Crippen molar-refractivity contribution in [2.75, 3.05) is 7.11 Å². The summed E-state index contributed by atoms with van der Waals surface area (Å²) in [5, 5.41) is 4.03. The average Bonchev–Trinajstić information content (AvgIpc) is 2.40. The average molecular weight is 246 g/mol. The van der Waals surface area contributed by atoms with Crippen molar-refractivity contribution in [3.63, 3.8) is 0 Å². The van der Waals surface area contributed by atoms with Gasteiger partial charge in [0.05, 0.1) is 0 Å². The highest BCUT2D eigenvalue weighted by molar-refractivity contribution is 6.69. The van der Waals surface area contributed by atoms with Crippen LogP contribution in [-0.4, -0.2) is 12.3 Å². The Kier molecular flexibility index (Phi) is 3.78. The molecule has 0 saturated heterocycles. The van der Waals surface area contributed by atoms with Gasteiger partial charge in [-0.15, -0.1) is 0 Å². The highest BCUT2D eigenvalue weighted by Gasteiger charge is 2.01. The number of rotatable bonds is 3. The largest absolute Gasteiger partial charge is 0.398 e. The Morgan fingerprint density at radius 2 is 1.53 bits per heavy atom. The molecule has 0 aliphatic rings. The molecule has 17 heavy (non-hydrogen) atoms. The first kappa shape index (κ1) is 11.7. The van der Waals surface area contributed by atoms with E-state index in [9.17, 15) is 0 Å². The number of hydrogen-bond donors (Lipinski definition) is 0. The van der Waals surface area contributed by atoms with E-state index in [1.807, 2.05) is 42.5 Å². The number of benzene rings is 2. The van der Waals surface area contributed by atoms with E-state index in [1.54, 1.807) is 0 Å². The second kappa shape index (κ2) is 5.51. The summed E-state index contributed by atoms with van der Waals surface area (Å²) >= 11 is 5.93. The van der Waals surface area contributed by atoms with Crippen molar-refractivity contribution in [1.82, 2.24) is 0 Å². The molecule has 3 heteroatoms. The molecule has 0 atom stereocenters. The van der Waals surface area contributed by atoms with Crippen molar-refractivity contribution in [2.45, 2.75) is 0 Å². The Balaban J connectivity index is 2.28. The molecule has 0 fully saturated rings. The predicted molar refractivity (Wildman–Crippen MR) is 71.3 cm³/mol. The molecule has 86 valence electrons. The molecule has 0 heterocycles. The zero-order valence-electron chi connectivity index (χ0n) is 9.43. The monoisotopic (exact) mass is 245 g/mol. The van der Waals surface area contributed by atoms with Crippen LogP contribution in [0.15, 0.2) is 59.8 Å². The lowest BCUT2D eigenvalue weighted by atomic mass is 10.0. The molecule has 2 aromatic carbocycles. The van der Waals surface area contributed by atoms with E-state index in [2.05, 4.69) is 22.1 Å². The van der Waals surface area contributed by atoms with Crippen LogP contribution < -0.4 is 0 Å². The normalized spacial score (nSPS) is 11.3. The van der Waals surface area contributed by atoms with Crippen LogP contribution in [0.1, 0.15) is 5.56 Å². The van der Waals surface area contributed by atoms with Gasteiger partial charge in [-0.25, -0.2) is 0 Å². The van der Waals surface area contributed by atoms with Gasteiger partial charge in [0.1, 0.15) is 7.11 Å². The minimum absolute atomic E-state index is 0.354. The Bertz CT molecular complexity index is 506. The quantitative estimate of drug-likeness (QED) is 0.594. The molecule has 0 amide bonds. The molecule has 0 unspecified atom stereocenters. The van der Waals surface area contributed by atoms with Crippen LogP contribution in [-0.2, 0) is 4.84 Å². The van der Waals surface area contributed by atoms with Gasteiger partial charge in [-0.05, 0) is 11.1 Å². The summed E-state index contributed by atoms with van der Waals surface area (Å²) in [5.74, 6) is 0. The minimum atomic E-state index is 0.354. The number of oxime groups is 1. The molecule has 0 aliphatic carbocycles. The molecule has 0 bridgehead atoms. The van der Waals surface area contributed by atoms with E-state index in [1.165, 1.54) is 12.7 Å². The molecule has 0 N–H and O–H groups in total. The fourth-order valence-electron chi connectivity index (χ4n) is 1.56. The molecular formula is C14H12ClNO. The van der Waals surface area contributed by atoms with E-state index in [0.717, 1.165) is 11.1 Å². The van der Waals surface area contributed by atoms with Crippen LogP contribution in [0.2, 0.25) is 0 Å². The highest BCUT2D eigenvalue weighted by Crippen LogP contribution is 2.19. The first-order chi connectivity index (χ1) is 8.31. The predicted octanol–water partition coefficient (Wildman–Crippen LogP) is 3.90. The maximum atomic E-state index is 5.93. The lowest BCUT2D eigenvalue weighted by Crippen LogP contribution is -1.91. The Hall–Kier alpha value is -1.80. The number of hydrogen-bond acceptors (Lipinski definition) is 2. The van der Waals surface area contributed by atoms with Crippen molar-refractivity contribution < 1.29 is 4.84 Å². The molecule has 0 aliphatic heterocycles. The number of halogens is 1. The maximum Gasteiger partial charge on any atom is 0.175 e. The van der Waals surface area contributed by atoms with Crippen molar-refractivity contribution in [1.29, 1.82) is 0 Å². The van der Waals surface area contributed by atoms with Crippen molar-refractivity contribution in [3.8, 4) is 11.1 Å². The summed E-state index contributed by atoms with van der Waals surface area (Å²) in [6.45, 7) is 0. The van der Waals surface area contributed by atoms with Gasteiger partial charge in [-0.3, -0.25) is 0 Å². The summed E-state index contributed by atoms with van der Waals surface area (Å²) in [5.41, 5.74) is 3.17. The van der Waals surface area contributed by atoms with Crippen LogP contribution in [0.4, 0.5) is 0 Å². The lowest BCUT2D eigenvalue weighted by Gasteiger charge is -2.02. The van der Waals surface area contributed by atoms with Gasteiger partial charge in [-0.2, -0.15) is 0 Å². The molecular weight excluding hydrogens is 234 g/mol. The minimum Gasteiger partial charge on any atom is -0.398 e. The van der Waals surface area contributed by atoms with Gasteiger partial charge in [0.15, 0.2) is 5.17 Å². The summed E-state index contributed by atoms with van der Waals surface area (Å²) in [6, 6.07) is 18.0. The van der Waals surface area contributed by atoms with E-state index in [0.29, 0.717) is 5.17 Å². The van der Waals surface area contributed by atoms with E-state index in [-0.39, 0.29) is 0 Å². The highest BCUT2D eigenvalue weighted by atomic mass is 35.5. The molecule has 2 rings (SSSR count). The summed E-state index contributed by atoms with van der Waals surface area (Å²) in [7, 11) is 1.47. The molecule has 0 radical (unpaired) electrons. The van der Waals surface area contributed by atoms with Crippen LogP contribution in [0.25, 0.3) is 11.1 Å². The van der Waals surface area contributed by atoms with Crippen LogP contribution in [0, 0.1) is 0 Å². The standard InChI is InChI=1S/C14H12ClNO/c1-17-16-14(15)13-9-7-12(8-10-13)11-5-3-2-4-6-11/h2-10H,1H3/b16-14+. The second-order valence-electron chi connectivity index (χ2n) is 3.51. The van der Waals surface area contributed by atoms with Gasteiger partial charge in [-0.1, -0.05) is 71.4 Å². The maximum absolute atomic E-state index is 5.93. The van der Waals surface area contributed by atoms with Crippen molar-refractivity contribution in [3.05, 3.63) is 60.2 Å². The summed E-state index contributed by atoms with van der Waals surface area (Å²) in [6.07, 6.45) is 0.